The van der Waals surface area contributed by atoms with Gasteiger partial charge in [-0.05, 0) is 37.5 Å². The minimum absolute atomic E-state index is 0.298. The normalized spacial score (nSPS) is 11.1. The van der Waals surface area contributed by atoms with Crippen LogP contribution in [0.4, 0.5) is 10.7 Å². The van der Waals surface area contributed by atoms with Crippen LogP contribution in [0.2, 0.25) is 0 Å². The number of hydrogen-bond acceptors (Lipinski definition) is 6. The molecule has 4 aromatic rings. The molecule has 3 aromatic heterocycles. The first-order valence-electron chi connectivity index (χ1n) is 10.4. The predicted octanol–water partition coefficient (Wildman–Crippen LogP) is 5.61. The number of amides is 2. The summed E-state index contributed by atoms with van der Waals surface area (Å²) in [7, 11) is 0. The summed E-state index contributed by atoms with van der Waals surface area (Å²) >= 11 is 2.52. The summed E-state index contributed by atoms with van der Waals surface area (Å²) in [6.45, 7) is 4.13. The molecular weight excluding hydrogens is 440 g/mol. The average Bonchev–Trinajstić information content (AvgIpc) is 3.34. The Morgan fingerprint density at radius 2 is 1.88 bits per heavy atom. The number of aromatic nitrogens is 1. The van der Waals surface area contributed by atoms with Crippen LogP contribution < -0.4 is 16.8 Å². The van der Waals surface area contributed by atoms with E-state index in [1.165, 1.54) is 22.7 Å². The molecule has 0 aliphatic rings. The maximum absolute atomic E-state index is 13.1. The highest BCUT2D eigenvalue weighted by Crippen LogP contribution is 2.37. The van der Waals surface area contributed by atoms with Crippen molar-refractivity contribution in [3.8, 4) is 11.1 Å². The number of nitrogens with two attached hydrogens (primary N) is 2. The summed E-state index contributed by atoms with van der Waals surface area (Å²) < 4.78 is 0. The fraction of sp³-hybridized carbons (Fsp3) is 0.208. The van der Waals surface area contributed by atoms with Gasteiger partial charge in [0, 0.05) is 22.0 Å². The van der Waals surface area contributed by atoms with Gasteiger partial charge < -0.3 is 16.8 Å². The average molecular weight is 465 g/mol. The Morgan fingerprint density at radius 1 is 1.12 bits per heavy atom. The number of rotatable bonds is 7. The van der Waals surface area contributed by atoms with Gasteiger partial charge in [0.15, 0.2) is 0 Å². The highest BCUT2D eigenvalue weighted by molar-refractivity contribution is 7.21. The van der Waals surface area contributed by atoms with E-state index < -0.39 is 5.91 Å². The molecule has 0 spiro atoms. The zero-order chi connectivity index (χ0) is 22.8. The van der Waals surface area contributed by atoms with E-state index in [4.69, 9.17) is 11.5 Å². The first-order valence-corrected chi connectivity index (χ1v) is 12.1. The Hall–Kier alpha value is -3.23. The van der Waals surface area contributed by atoms with Crippen molar-refractivity contribution in [2.24, 2.45) is 5.73 Å². The number of pyridine rings is 1. The molecule has 0 saturated heterocycles. The lowest BCUT2D eigenvalue weighted by Gasteiger charge is -2.06. The van der Waals surface area contributed by atoms with Crippen molar-refractivity contribution in [3.05, 3.63) is 63.5 Å². The topological polar surface area (TPSA) is 111 Å². The van der Waals surface area contributed by atoms with Gasteiger partial charge in [0.05, 0.1) is 11.3 Å². The first-order chi connectivity index (χ1) is 15.4. The lowest BCUT2D eigenvalue weighted by Crippen LogP contribution is -2.17. The molecule has 164 valence electrons. The third-order valence-corrected chi connectivity index (χ3v) is 7.28. The van der Waals surface area contributed by atoms with Crippen LogP contribution in [0.15, 0.2) is 41.8 Å². The van der Waals surface area contributed by atoms with Crippen LogP contribution in [0.25, 0.3) is 21.3 Å². The molecule has 4 rings (SSSR count). The smallest absolute Gasteiger partial charge is 0.268 e. The second-order valence-corrected chi connectivity index (χ2v) is 9.52. The van der Waals surface area contributed by atoms with Crippen molar-refractivity contribution in [2.75, 3.05) is 11.1 Å². The summed E-state index contributed by atoms with van der Waals surface area (Å²) in [5.74, 6) is -0.968. The molecule has 0 aliphatic carbocycles. The number of fused-ring (bicyclic) bond motifs is 1. The molecule has 2 amide bonds. The summed E-state index contributed by atoms with van der Waals surface area (Å²) in [4.78, 5) is 31.1. The van der Waals surface area contributed by atoms with Gasteiger partial charge in [-0.15, -0.1) is 22.7 Å². The fourth-order valence-corrected chi connectivity index (χ4v) is 5.48. The van der Waals surface area contributed by atoms with Crippen molar-refractivity contribution in [1.82, 2.24) is 4.98 Å². The van der Waals surface area contributed by atoms with Gasteiger partial charge in [-0.2, -0.15) is 0 Å². The van der Waals surface area contributed by atoms with Crippen LogP contribution in [0, 0.1) is 6.92 Å². The number of primary amides is 1. The van der Waals surface area contributed by atoms with Crippen molar-refractivity contribution in [1.29, 1.82) is 0 Å². The molecule has 6 nitrogen and oxygen atoms in total. The molecule has 0 bridgehead atoms. The SMILES string of the molecule is CCCCc1ccc2c(N)c(C(=O)Nc3scc(-c4ccc(C)cc4)c3C(N)=O)sc2n1. The van der Waals surface area contributed by atoms with Crippen molar-refractivity contribution in [3.63, 3.8) is 0 Å². The zero-order valence-electron chi connectivity index (χ0n) is 17.9. The summed E-state index contributed by atoms with van der Waals surface area (Å²) in [5, 5.41) is 5.85. The van der Waals surface area contributed by atoms with Gasteiger partial charge in [-0.25, -0.2) is 4.98 Å². The summed E-state index contributed by atoms with van der Waals surface area (Å²) in [6, 6.07) is 11.7. The molecule has 0 aliphatic heterocycles. The minimum Gasteiger partial charge on any atom is -0.397 e. The molecule has 3 heterocycles. The predicted molar refractivity (Wildman–Crippen MR) is 134 cm³/mol. The molecule has 5 N–H and O–H groups in total. The van der Waals surface area contributed by atoms with Crippen LogP contribution in [-0.4, -0.2) is 16.8 Å². The van der Waals surface area contributed by atoms with Crippen LogP contribution in [0.3, 0.4) is 0 Å². The van der Waals surface area contributed by atoms with Crippen LogP contribution >= 0.6 is 22.7 Å². The number of nitrogen functional groups attached to an aromatic ring is 1. The number of aryl methyl sites for hydroxylation is 2. The number of thiophene rings is 2. The Bertz CT molecular complexity index is 1310. The van der Waals surface area contributed by atoms with Gasteiger partial charge in [0.1, 0.15) is 14.7 Å². The first kappa shape index (κ1) is 22.0. The number of carbonyl (C=O) groups is 2. The summed E-state index contributed by atoms with van der Waals surface area (Å²) in [5.41, 5.74) is 16.3. The van der Waals surface area contributed by atoms with Crippen LogP contribution in [0.5, 0.6) is 0 Å². The highest BCUT2D eigenvalue weighted by atomic mass is 32.1. The van der Waals surface area contributed by atoms with E-state index in [0.717, 1.165) is 46.3 Å². The highest BCUT2D eigenvalue weighted by Gasteiger charge is 2.23. The van der Waals surface area contributed by atoms with E-state index in [0.29, 0.717) is 26.7 Å². The Labute approximate surface area is 194 Å². The zero-order valence-corrected chi connectivity index (χ0v) is 19.5. The molecule has 32 heavy (non-hydrogen) atoms. The van der Waals surface area contributed by atoms with E-state index in [9.17, 15) is 9.59 Å². The van der Waals surface area contributed by atoms with E-state index >= 15 is 0 Å². The fourth-order valence-electron chi connectivity index (χ4n) is 3.50. The largest absolute Gasteiger partial charge is 0.397 e. The quantitative estimate of drug-likeness (QED) is 0.330. The Morgan fingerprint density at radius 3 is 2.56 bits per heavy atom. The molecule has 1 aromatic carbocycles. The number of anilines is 2. The van der Waals surface area contributed by atoms with Gasteiger partial charge in [0.25, 0.3) is 11.8 Å². The third kappa shape index (κ3) is 4.24. The maximum Gasteiger partial charge on any atom is 0.268 e. The lowest BCUT2D eigenvalue weighted by atomic mass is 10.0. The number of nitrogens with zero attached hydrogens (tertiary/aromatic N) is 1. The monoisotopic (exact) mass is 464 g/mol. The van der Waals surface area contributed by atoms with Gasteiger partial charge in [-0.3, -0.25) is 9.59 Å². The molecule has 0 saturated carbocycles. The van der Waals surface area contributed by atoms with Crippen LogP contribution in [-0.2, 0) is 6.42 Å². The Balaban J connectivity index is 1.65. The van der Waals surface area contributed by atoms with E-state index in [-0.39, 0.29) is 5.91 Å². The van der Waals surface area contributed by atoms with Crippen LogP contribution in [0.1, 0.15) is 51.1 Å². The standard InChI is InChI=1S/C24H24N4O2S2/c1-3-4-5-15-10-11-16-19(25)20(32-23(16)27-15)22(30)28-24-18(21(26)29)17(12-31-24)14-8-6-13(2)7-9-14/h6-12H,3-5,25H2,1-2H3,(H2,26,29)(H,28,30). The van der Waals surface area contributed by atoms with E-state index in [2.05, 4.69) is 17.2 Å². The number of nitrogens with one attached hydrogen (secondary N) is 1. The molecule has 0 unspecified atom stereocenters. The molecule has 0 radical (unpaired) electrons. The number of hydrogen-bond donors (Lipinski definition) is 3. The van der Waals surface area contributed by atoms with Gasteiger partial charge >= 0.3 is 0 Å². The third-order valence-electron chi connectivity index (χ3n) is 5.27. The molecular formula is C24H24N4O2S2. The van der Waals surface area contributed by atoms with E-state index in [1.807, 2.05) is 48.7 Å². The number of benzene rings is 1. The molecule has 0 fully saturated rings. The lowest BCUT2D eigenvalue weighted by molar-refractivity contribution is 0.100. The number of carbonyl (C=O) groups excluding carboxylic acids is 2. The number of unbranched alkanes of at least 4 members (excludes halogenated alkanes) is 1. The Kier molecular flexibility index (Phi) is 6.25. The van der Waals surface area contributed by atoms with Gasteiger partial charge in [0.2, 0.25) is 0 Å². The minimum atomic E-state index is -0.594. The second kappa shape index (κ2) is 9.10. The van der Waals surface area contributed by atoms with Crippen molar-refractivity contribution < 1.29 is 9.59 Å². The van der Waals surface area contributed by atoms with E-state index in [1.54, 1.807) is 0 Å². The second-order valence-electron chi connectivity index (χ2n) is 7.64. The van der Waals surface area contributed by atoms with Crippen molar-refractivity contribution >= 4 is 55.4 Å². The molecule has 8 heteroatoms. The maximum atomic E-state index is 13.1. The van der Waals surface area contributed by atoms with Gasteiger partial charge in [-0.1, -0.05) is 43.2 Å². The molecule has 0 atom stereocenters. The summed E-state index contributed by atoms with van der Waals surface area (Å²) in [6.07, 6.45) is 3.04. The van der Waals surface area contributed by atoms with Crippen molar-refractivity contribution in [2.45, 2.75) is 33.1 Å².